The number of aliphatic carboxylic acids is 1. The molecule has 1 unspecified atom stereocenters. The van der Waals surface area contributed by atoms with Crippen molar-refractivity contribution in [3.63, 3.8) is 0 Å². The van der Waals surface area contributed by atoms with Crippen LogP contribution in [-0.2, 0) is 24.3 Å². The van der Waals surface area contributed by atoms with E-state index in [1.165, 1.54) is 5.56 Å². The van der Waals surface area contributed by atoms with Gasteiger partial charge >= 0.3 is 5.97 Å². The Hall–Kier alpha value is -2.72. The van der Waals surface area contributed by atoms with Gasteiger partial charge < -0.3 is 5.11 Å². The van der Waals surface area contributed by atoms with E-state index in [0.717, 1.165) is 21.9 Å². The van der Waals surface area contributed by atoms with Gasteiger partial charge in [-0.2, -0.15) is 0 Å². The van der Waals surface area contributed by atoms with Crippen molar-refractivity contribution in [3.05, 3.63) is 77.6 Å². The van der Waals surface area contributed by atoms with Crippen LogP contribution in [0.4, 0.5) is 0 Å². The van der Waals surface area contributed by atoms with Crippen LogP contribution in [0.25, 0.3) is 10.8 Å². The lowest BCUT2D eigenvalue weighted by molar-refractivity contribution is -0.144. The number of hydrogen-bond acceptors (Lipinski definition) is 3. The minimum atomic E-state index is -0.766. The number of carboxylic acids is 1. The fourth-order valence-corrected chi connectivity index (χ4v) is 3.51. The van der Waals surface area contributed by atoms with Crippen LogP contribution in [0.3, 0.4) is 0 Å². The molecule has 3 aromatic rings. The first kappa shape index (κ1) is 14.8. The summed E-state index contributed by atoms with van der Waals surface area (Å²) in [4.78, 5) is 18.1. The van der Waals surface area contributed by atoms with Gasteiger partial charge in [0.25, 0.3) is 0 Å². The third-order valence-corrected chi connectivity index (χ3v) is 4.76. The zero-order valence-corrected chi connectivity index (χ0v) is 13.2. The summed E-state index contributed by atoms with van der Waals surface area (Å²) in [5, 5.41) is 11.9. The lowest BCUT2D eigenvalue weighted by Crippen LogP contribution is -2.45. The minimum absolute atomic E-state index is 0.501. The average molecular weight is 318 g/mol. The van der Waals surface area contributed by atoms with E-state index in [4.69, 9.17) is 0 Å². The first-order valence-corrected chi connectivity index (χ1v) is 8.07. The maximum absolute atomic E-state index is 11.8. The molecule has 0 radical (unpaired) electrons. The quantitative estimate of drug-likeness (QED) is 0.805. The van der Waals surface area contributed by atoms with Crippen LogP contribution in [-0.4, -0.2) is 27.0 Å². The molecule has 4 rings (SSSR count). The summed E-state index contributed by atoms with van der Waals surface area (Å²) in [6.07, 6.45) is 4.24. The lowest BCUT2D eigenvalue weighted by Gasteiger charge is -2.34. The van der Waals surface area contributed by atoms with Crippen molar-refractivity contribution in [2.75, 3.05) is 0 Å². The topological polar surface area (TPSA) is 53.4 Å². The van der Waals surface area contributed by atoms with Crippen molar-refractivity contribution in [1.29, 1.82) is 0 Å². The Labute approximate surface area is 140 Å². The summed E-state index contributed by atoms with van der Waals surface area (Å²) >= 11 is 0. The van der Waals surface area contributed by atoms with Gasteiger partial charge in [0.1, 0.15) is 6.04 Å². The molecule has 0 spiro atoms. The zero-order chi connectivity index (χ0) is 16.5. The molecule has 2 aromatic carbocycles. The number of rotatable bonds is 3. The van der Waals surface area contributed by atoms with Crippen molar-refractivity contribution < 1.29 is 9.90 Å². The SMILES string of the molecule is O=C(O)C1Cc2ccccc2CN1Cc1cncc2ccccc12. The molecule has 0 fully saturated rings. The van der Waals surface area contributed by atoms with Crippen molar-refractivity contribution in [1.82, 2.24) is 9.88 Å². The molecular weight excluding hydrogens is 300 g/mol. The second kappa shape index (κ2) is 6.06. The third kappa shape index (κ3) is 2.65. The number of aromatic nitrogens is 1. The predicted octanol–water partition coefficient (Wildman–Crippen LogP) is 3.25. The molecule has 1 N–H and O–H groups in total. The summed E-state index contributed by atoms with van der Waals surface area (Å²) in [6.45, 7) is 1.23. The van der Waals surface area contributed by atoms with Crippen LogP contribution in [0.1, 0.15) is 16.7 Å². The molecule has 1 aliphatic rings. The lowest BCUT2D eigenvalue weighted by atomic mass is 9.93. The number of hydrogen-bond donors (Lipinski definition) is 1. The fraction of sp³-hybridized carbons (Fsp3) is 0.200. The summed E-state index contributed by atoms with van der Waals surface area (Å²) in [6, 6.07) is 15.7. The van der Waals surface area contributed by atoms with E-state index in [1.54, 1.807) is 0 Å². The second-order valence-electron chi connectivity index (χ2n) is 6.25. The van der Waals surface area contributed by atoms with E-state index in [1.807, 2.05) is 53.7 Å². The molecule has 120 valence electrons. The van der Waals surface area contributed by atoms with Gasteiger partial charge in [-0.1, -0.05) is 48.5 Å². The van der Waals surface area contributed by atoms with Gasteiger partial charge in [0, 0.05) is 30.9 Å². The smallest absolute Gasteiger partial charge is 0.321 e. The fourth-order valence-electron chi connectivity index (χ4n) is 3.51. The first-order chi connectivity index (χ1) is 11.7. The summed E-state index contributed by atoms with van der Waals surface area (Å²) in [7, 11) is 0. The van der Waals surface area contributed by atoms with Gasteiger partial charge in [0.15, 0.2) is 0 Å². The highest BCUT2D eigenvalue weighted by molar-refractivity contribution is 5.84. The van der Waals surface area contributed by atoms with Gasteiger partial charge in [0.05, 0.1) is 0 Å². The van der Waals surface area contributed by atoms with Crippen molar-refractivity contribution >= 4 is 16.7 Å². The van der Waals surface area contributed by atoms with Crippen LogP contribution in [0.15, 0.2) is 60.9 Å². The van der Waals surface area contributed by atoms with Crippen LogP contribution in [0, 0.1) is 0 Å². The molecule has 0 saturated carbocycles. The van der Waals surface area contributed by atoms with Crippen LogP contribution in [0.2, 0.25) is 0 Å². The summed E-state index contributed by atoms with van der Waals surface area (Å²) in [5.41, 5.74) is 3.42. The van der Waals surface area contributed by atoms with Crippen LogP contribution in [0.5, 0.6) is 0 Å². The number of fused-ring (bicyclic) bond motifs is 2. The van der Waals surface area contributed by atoms with E-state index < -0.39 is 12.0 Å². The first-order valence-electron chi connectivity index (χ1n) is 8.07. The Morgan fingerprint density at radius 3 is 2.67 bits per heavy atom. The Bertz CT molecular complexity index is 902. The number of pyridine rings is 1. The highest BCUT2D eigenvalue weighted by Crippen LogP contribution is 2.27. The molecule has 4 nitrogen and oxygen atoms in total. The molecule has 2 heterocycles. The number of carbonyl (C=O) groups is 1. The van der Waals surface area contributed by atoms with E-state index in [2.05, 4.69) is 17.1 Å². The molecule has 0 amide bonds. The van der Waals surface area contributed by atoms with Crippen LogP contribution < -0.4 is 0 Å². The van der Waals surface area contributed by atoms with Crippen molar-refractivity contribution in [3.8, 4) is 0 Å². The van der Waals surface area contributed by atoms with E-state index >= 15 is 0 Å². The highest BCUT2D eigenvalue weighted by atomic mass is 16.4. The van der Waals surface area contributed by atoms with Gasteiger partial charge in [-0.15, -0.1) is 0 Å². The summed E-state index contributed by atoms with van der Waals surface area (Å²) < 4.78 is 0. The molecule has 1 aliphatic heterocycles. The number of nitrogens with zero attached hydrogens (tertiary/aromatic N) is 2. The number of carboxylic acid groups (broad SMARTS) is 1. The van der Waals surface area contributed by atoms with E-state index in [0.29, 0.717) is 19.5 Å². The standard InChI is InChI=1S/C20H18N2O2/c23-20(24)19-9-14-5-1-2-7-16(14)12-22(19)13-17-11-21-10-15-6-3-4-8-18(15)17/h1-8,10-11,19H,9,12-13H2,(H,23,24). The molecular formula is C20H18N2O2. The van der Waals surface area contributed by atoms with E-state index in [9.17, 15) is 9.90 Å². The average Bonchev–Trinajstić information content (AvgIpc) is 2.61. The van der Waals surface area contributed by atoms with E-state index in [-0.39, 0.29) is 0 Å². The second-order valence-corrected chi connectivity index (χ2v) is 6.25. The van der Waals surface area contributed by atoms with Gasteiger partial charge in [0.2, 0.25) is 0 Å². The third-order valence-electron chi connectivity index (χ3n) is 4.76. The van der Waals surface area contributed by atoms with Crippen molar-refractivity contribution in [2.24, 2.45) is 0 Å². The molecule has 1 aromatic heterocycles. The van der Waals surface area contributed by atoms with Gasteiger partial charge in [-0.05, 0) is 28.5 Å². The maximum Gasteiger partial charge on any atom is 0.321 e. The molecule has 0 bridgehead atoms. The largest absolute Gasteiger partial charge is 0.480 e. The normalized spacial score (nSPS) is 17.6. The zero-order valence-electron chi connectivity index (χ0n) is 13.2. The molecule has 1 atom stereocenters. The van der Waals surface area contributed by atoms with Gasteiger partial charge in [-0.25, -0.2) is 0 Å². The highest BCUT2D eigenvalue weighted by Gasteiger charge is 2.31. The monoisotopic (exact) mass is 318 g/mol. The molecule has 4 heteroatoms. The number of benzene rings is 2. The Morgan fingerprint density at radius 1 is 1.08 bits per heavy atom. The maximum atomic E-state index is 11.8. The molecule has 24 heavy (non-hydrogen) atoms. The Balaban J connectivity index is 1.70. The minimum Gasteiger partial charge on any atom is -0.480 e. The van der Waals surface area contributed by atoms with Crippen molar-refractivity contribution in [2.45, 2.75) is 25.6 Å². The summed E-state index contributed by atoms with van der Waals surface area (Å²) in [5.74, 6) is -0.766. The van der Waals surface area contributed by atoms with Gasteiger partial charge in [-0.3, -0.25) is 14.7 Å². The predicted molar refractivity (Wildman–Crippen MR) is 92.6 cm³/mol. The molecule has 0 aliphatic carbocycles. The Morgan fingerprint density at radius 2 is 1.83 bits per heavy atom. The van der Waals surface area contributed by atoms with Crippen LogP contribution >= 0.6 is 0 Å². The molecule has 0 saturated heterocycles. The Kier molecular flexibility index (Phi) is 3.75.